The first-order valence-corrected chi connectivity index (χ1v) is 11.3. The van der Waals surface area contributed by atoms with Crippen molar-refractivity contribution in [1.82, 2.24) is 19.5 Å². The van der Waals surface area contributed by atoms with Crippen LogP contribution in [-0.4, -0.2) is 63.8 Å². The normalized spacial score (nSPS) is 21.5. The molecule has 2 aromatic heterocycles. The Labute approximate surface area is 186 Å². The second-order valence-corrected chi connectivity index (χ2v) is 8.50. The maximum absolute atomic E-state index is 12.7. The van der Waals surface area contributed by atoms with Crippen LogP contribution in [0.15, 0.2) is 42.7 Å². The SMILES string of the molecule is NC1CCC(Nc2cc(Nc3ccc(C(=O)N4CCOCC4)cc3)c3nccn3n2)CC1. The van der Waals surface area contributed by atoms with Crippen LogP contribution in [0.2, 0.25) is 0 Å². The number of morpholine rings is 1. The van der Waals surface area contributed by atoms with Crippen molar-refractivity contribution in [2.45, 2.75) is 37.8 Å². The number of hydrogen-bond acceptors (Lipinski definition) is 7. The van der Waals surface area contributed by atoms with Crippen molar-refractivity contribution in [3.05, 3.63) is 48.3 Å². The van der Waals surface area contributed by atoms with Gasteiger partial charge >= 0.3 is 0 Å². The van der Waals surface area contributed by atoms with Crippen molar-refractivity contribution in [3.8, 4) is 0 Å². The van der Waals surface area contributed by atoms with E-state index in [2.05, 4.69) is 20.7 Å². The van der Waals surface area contributed by atoms with Crippen LogP contribution in [0.5, 0.6) is 0 Å². The lowest BCUT2D eigenvalue weighted by Gasteiger charge is -2.27. The molecule has 1 saturated heterocycles. The molecule has 4 N–H and O–H groups in total. The summed E-state index contributed by atoms with van der Waals surface area (Å²) in [7, 11) is 0. The third kappa shape index (κ3) is 4.53. The van der Waals surface area contributed by atoms with Gasteiger partial charge in [-0.1, -0.05) is 0 Å². The minimum atomic E-state index is 0.0399. The number of rotatable bonds is 5. The highest BCUT2D eigenvalue weighted by molar-refractivity contribution is 5.94. The zero-order chi connectivity index (χ0) is 21.9. The number of carbonyl (C=O) groups is 1. The molecule has 5 rings (SSSR count). The lowest BCUT2D eigenvalue weighted by atomic mass is 9.92. The van der Waals surface area contributed by atoms with Crippen molar-refractivity contribution in [2.24, 2.45) is 5.73 Å². The third-order valence-corrected chi connectivity index (χ3v) is 6.19. The van der Waals surface area contributed by atoms with Gasteiger partial charge in [0.1, 0.15) is 5.82 Å². The molecule has 168 valence electrons. The number of carbonyl (C=O) groups excluding carboxylic acids is 1. The second-order valence-electron chi connectivity index (χ2n) is 8.50. The first kappa shape index (κ1) is 20.7. The summed E-state index contributed by atoms with van der Waals surface area (Å²) in [5.74, 6) is 0.843. The summed E-state index contributed by atoms with van der Waals surface area (Å²) >= 11 is 0. The summed E-state index contributed by atoms with van der Waals surface area (Å²) in [4.78, 5) is 18.9. The molecular formula is C23H29N7O2. The molecule has 9 heteroatoms. The highest BCUT2D eigenvalue weighted by atomic mass is 16.5. The van der Waals surface area contributed by atoms with Crippen molar-refractivity contribution in [2.75, 3.05) is 36.9 Å². The van der Waals surface area contributed by atoms with E-state index in [1.807, 2.05) is 41.4 Å². The number of fused-ring (bicyclic) bond motifs is 1. The van der Waals surface area contributed by atoms with Crippen LogP contribution in [0.1, 0.15) is 36.0 Å². The van der Waals surface area contributed by atoms with Gasteiger partial charge in [-0.15, -0.1) is 5.10 Å². The number of imidazole rings is 1. The molecule has 1 aliphatic heterocycles. The fourth-order valence-electron chi connectivity index (χ4n) is 4.35. The summed E-state index contributed by atoms with van der Waals surface area (Å²) in [6.07, 6.45) is 7.74. The van der Waals surface area contributed by atoms with Gasteiger partial charge < -0.3 is 26.0 Å². The monoisotopic (exact) mass is 435 g/mol. The van der Waals surface area contributed by atoms with Gasteiger partial charge in [0, 0.05) is 54.9 Å². The first-order valence-electron chi connectivity index (χ1n) is 11.3. The van der Waals surface area contributed by atoms with Crippen molar-refractivity contribution >= 4 is 28.7 Å². The molecule has 3 heterocycles. The molecule has 32 heavy (non-hydrogen) atoms. The molecule has 0 radical (unpaired) electrons. The lowest BCUT2D eigenvalue weighted by Crippen LogP contribution is -2.40. The zero-order valence-corrected chi connectivity index (χ0v) is 18.0. The molecule has 1 aromatic carbocycles. The van der Waals surface area contributed by atoms with Crippen LogP contribution in [-0.2, 0) is 4.74 Å². The van der Waals surface area contributed by atoms with E-state index in [1.165, 1.54) is 0 Å². The Balaban J connectivity index is 1.32. The van der Waals surface area contributed by atoms with E-state index in [1.54, 1.807) is 10.7 Å². The van der Waals surface area contributed by atoms with E-state index >= 15 is 0 Å². The standard InChI is InChI=1S/C23H29N7O2/c24-17-3-7-19(8-4-17)27-21-15-20(22-25-9-10-30(22)28-21)26-18-5-1-16(2-6-18)23(31)29-11-13-32-14-12-29/h1-2,5-6,9-10,15,17,19,26H,3-4,7-8,11-14,24H2,(H,27,28). The predicted molar refractivity (Wildman–Crippen MR) is 123 cm³/mol. The molecule has 2 fully saturated rings. The number of aromatic nitrogens is 3. The number of amides is 1. The maximum Gasteiger partial charge on any atom is 0.254 e. The topological polar surface area (TPSA) is 110 Å². The van der Waals surface area contributed by atoms with Gasteiger partial charge in [0.2, 0.25) is 0 Å². The lowest BCUT2D eigenvalue weighted by molar-refractivity contribution is 0.0303. The molecule has 1 saturated carbocycles. The number of benzene rings is 1. The Hall–Kier alpha value is -3.17. The minimum Gasteiger partial charge on any atom is -0.378 e. The van der Waals surface area contributed by atoms with Crippen LogP contribution in [0, 0.1) is 0 Å². The average molecular weight is 436 g/mol. The number of nitrogens with one attached hydrogen (secondary N) is 2. The third-order valence-electron chi connectivity index (χ3n) is 6.19. The van der Waals surface area contributed by atoms with E-state index in [0.717, 1.165) is 48.5 Å². The van der Waals surface area contributed by atoms with E-state index < -0.39 is 0 Å². The summed E-state index contributed by atoms with van der Waals surface area (Å²) in [5, 5.41) is 11.6. The largest absolute Gasteiger partial charge is 0.378 e. The average Bonchev–Trinajstić information content (AvgIpc) is 3.30. The Morgan fingerprint density at radius 3 is 2.59 bits per heavy atom. The predicted octanol–water partition coefficient (Wildman–Crippen LogP) is 2.63. The smallest absolute Gasteiger partial charge is 0.254 e. The molecule has 1 amide bonds. The fourth-order valence-corrected chi connectivity index (χ4v) is 4.35. The summed E-state index contributed by atoms with van der Waals surface area (Å²) in [5.41, 5.74) is 9.20. The van der Waals surface area contributed by atoms with Gasteiger partial charge in [-0.05, 0) is 49.9 Å². The summed E-state index contributed by atoms with van der Waals surface area (Å²) in [6.45, 7) is 2.46. The number of hydrogen-bond donors (Lipinski definition) is 3. The van der Waals surface area contributed by atoms with Crippen LogP contribution in [0.3, 0.4) is 0 Å². The molecule has 3 aromatic rings. The second kappa shape index (κ2) is 9.13. The summed E-state index contributed by atoms with van der Waals surface area (Å²) in [6, 6.07) is 10.2. The van der Waals surface area contributed by atoms with Gasteiger partial charge in [-0.25, -0.2) is 9.50 Å². The summed E-state index contributed by atoms with van der Waals surface area (Å²) < 4.78 is 7.11. The fraction of sp³-hybridized carbons (Fsp3) is 0.435. The molecule has 0 atom stereocenters. The Morgan fingerprint density at radius 1 is 1.09 bits per heavy atom. The molecule has 2 aliphatic rings. The van der Waals surface area contributed by atoms with E-state index in [-0.39, 0.29) is 5.91 Å². The highest BCUT2D eigenvalue weighted by Crippen LogP contribution is 2.26. The number of ether oxygens (including phenoxy) is 1. The molecule has 1 aliphatic carbocycles. The highest BCUT2D eigenvalue weighted by Gasteiger charge is 2.20. The Bertz CT molecular complexity index is 1070. The van der Waals surface area contributed by atoms with E-state index in [9.17, 15) is 4.79 Å². The maximum atomic E-state index is 12.7. The van der Waals surface area contributed by atoms with Crippen LogP contribution in [0.25, 0.3) is 5.65 Å². The first-order chi connectivity index (χ1) is 15.7. The van der Waals surface area contributed by atoms with Crippen molar-refractivity contribution < 1.29 is 9.53 Å². The Morgan fingerprint density at radius 2 is 1.84 bits per heavy atom. The van der Waals surface area contributed by atoms with Gasteiger partial charge in [0.15, 0.2) is 5.65 Å². The van der Waals surface area contributed by atoms with Gasteiger partial charge in [0.25, 0.3) is 5.91 Å². The van der Waals surface area contributed by atoms with Gasteiger partial charge in [-0.2, -0.15) is 0 Å². The van der Waals surface area contributed by atoms with Crippen LogP contribution < -0.4 is 16.4 Å². The van der Waals surface area contributed by atoms with Crippen LogP contribution in [0.4, 0.5) is 17.2 Å². The molecule has 9 nitrogen and oxygen atoms in total. The van der Waals surface area contributed by atoms with E-state index in [4.69, 9.17) is 10.5 Å². The van der Waals surface area contributed by atoms with Crippen molar-refractivity contribution in [1.29, 1.82) is 0 Å². The number of anilines is 3. The number of nitrogens with two attached hydrogens (primary N) is 1. The van der Waals surface area contributed by atoms with Gasteiger partial charge in [0.05, 0.1) is 18.9 Å². The van der Waals surface area contributed by atoms with Gasteiger partial charge in [-0.3, -0.25) is 4.79 Å². The molecular weight excluding hydrogens is 406 g/mol. The van der Waals surface area contributed by atoms with Crippen molar-refractivity contribution in [3.63, 3.8) is 0 Å². The molecule has 0 bridgehead atoms. The van der Waals surface area contributed by atoms with E-state index in [0.29, 0.717) is 44.0 Å². The minimum absolute atomic E-state index is 0.0399. The zero-order valence-electron chi connectivity index (χ0n) is 18.0. The van der Waals surface area contributed by atoms with Crippen LogP contribution >= 0.6 is 0 Å². The quantitative estimate of drug-likeness (QED) is 0.565. The molecule has 0 unspecified atom stereocenters. The molecule has 0 spiro atoms. The number of nitrogens with zero attached hydrogens (tertiary/aromatic N) is 4. The Kier molecular flexibility index (Phi) is 5.91.